The van der Waals surface area contributed by atoms with E-state index in [-0.39, 0.29) is 0 Å². The first kappa shape index (κ1) is 14.1. The van der Waals surface area contributed by atoms with Crippen molar-refractivity contribution in [2.24, 2.45) is 0 Å². The van der Waals surface area contributed by atoms with Gasteiger partial charge in [0.2, 0.25) is 0 Å². The predicted molar refractivity (Wildman–Crippen MR) is 73.1 cm³/mol. The molecule has 1 atom stereocenters. The molecule has 0 aliphatic rings. The zero-order chi connectivity index (χ0) is 12.7. The minimum atomic E-state index is 0.592. The van der Waals surface area contributed by atoms with Gasteiger partial charge in [0.05, 0.1) is 5.69 Å². The Kier molecular flexibility index (Phi) is 6.16. The fourth-order valence-electron chi connectivity index (χ4n) is 2.01. The summed E-state index contributed by atoms with van der Waals surface area (Å²) in [7, 11) is 2.01. The maximum absolute atomic E-state index is 4.57. The van der Waals surface area contributed by atoms with Gasteiger partial charge in [-0.25, -0.2) is 0 Å². The number of rotatable bonds is 7. The molecule has 0 aromatic carbocycles. The molecule has 1 unspecified atom stereocenters. The molecule has 96 valence electrons. The van der Waals surface area contributed by atoms with Crippen LogP contribution in [-0.4, -0.2) is 36.1 Å². The Hall–Kier alpha value is -0.930. The first-order valence-corrected chi connectivity index (χ1v) is 6.48. The lowest BCUT2D eigenvalue weighted by Gasteiger charge is -2.27. The van der Waals surface area contributed by atoms with Crippen molar-refractivity contribution in [1.29, 1.82) is 0 Å². The van der Waals surface area contributed by atoms with Gasteiger partial charge in [0.1, 0.15) is 0 Å². The highest BCUT2D eigenvalue weighted by molar-refractivity contribution is 5.09. The maximum atomic E-state index is 4.57. The van der Waals surface area contributed by atoms with Gasteiger partial charge in [0, 0.05) is 18.3 Å². The molecule has 17 heavy (non-hydrogen) atoms. The van der Waals surface area contributed by atoms with E-state index in [1.54, 1.807) is 0 Å². The van der Waals surface area contributed by atoms with Gasteiger partial charge in [-0.1, -0.05) is 13.0 Å². The summed E-state index contributed by atoms with van der Waals surface area (Å²) < 4.78 is 0. The first-order valence-electron chi connectivity index (χ1n) is 6.48. The second-order valence-electron chi connectivity index (χ2n) is 4.57. The van der Waals surface area contributed by atoms with Crippen LogP contribution in [-0.2, 0) is 6.54 Å². The topological polar surface area (TPSA) is 28.2 Å². The molecule has 3 heteroatoms. The van der Waals surface area contributed by atoms with Crippen LogP contribution in [0.25, 0.3) is 0 Å². The largest absolute Gasteiger partial charge is 0.320 e. The van der Waals surface area contributed by atoms with Crippen molar-refractivity contribution in [3.05, 3.63) is 29.6 Å². The molecule has 1 aromatic rings. The quantitative estimate of drug-likeness (QED) is 0.785. The van der Waals surface area contributed by atoms with Crippen LogP contribution in [0.2, 0.25) is 0 Å². The van der Waals surface area contributed by atoms with E-state index < -0.39 is 0 Å². The number of nitrogens with one attached hydrogen (secondary N) is 1. The Morgan fingerprint density at radius 2 is 2.18 bits per heavy atom. The Morgan fingerprint density at radius 1 is 1.41 bits per heavy atom. The predicted octanol–water partition coefficient (Wildman–Crippen LogP) is 2.21. The number of hydrogen-bond acceptors (Lipinski definition) is 3. The van der Waals surface area contributed by atoms with Crippen LogP contribution in [0.4, 0.5) is 0 Å². The highest BCUT2D eigenvalue weighted by atomic mass is 15.2. The standard InChI is InChI=1S/C14H25N3/c1-5-17(13(3)9-10-15-4)11-14-8-6-7-12(2)16-14/h6-8,13,15H,5,9-11H2,1-4H3. The molecule has 0 aliphatic carbocycles. The molecular formula is C14H25N3. The monoisotopic (exact) mass is 235 g/mol. The van der Waals surface area contributed by atoms with Crippen molar-refractivity contribution in [1.82, 2.24) is 15.2 Å². The van der Waals surface area contributed by atoms with Crippen molar-refractivity contribution in [2.75, 3.05) is 20.1 Å². The number of pyridine rings is 1. The normalized spacial score (nSPS) is 13.0. The highest BCUT2D eigenvalue weighted by Gasteiger charge is 2.12. The molecule has 1 heterocycles. The third-order valence-electron chi connectivity index (χ3n) is 3.15. The second kappa shape index (κ2) is 7.41. The fraction of sp³-hybridized carbons (Fsp3) is 0.643. The summed E-state index contributed by atoms with van der Waals surface area (Å²) in [5.41, 5.74) is 2.27. The number of nitrogens with zero attached hydrogens (tertiary/aromatic N) is 2. The highest BCUT2D eigenvalue weighted by Crippen LogP contribution is 2.09. The summed E-state index contributed by atoms with van der Waals surface area (Å²) in [6, 6.07) is 6.84. The average Bonchev–Trinajstić information content (AvgIpc) is 2.33. The summed E-state index contributed by atoms with van der Waals surface area (Å²) in [4.78, 5) is 7.04. The van der Waals surface area contributed by atoms with Gasteiger partial charge in [-0.3, -0.25) is 9.88 Å². The summed E-state index contributed by atoms with van der Waals surface area (Å²) >= 11 is 0. The van der Waals surface area contributed by atoms with Crippen LogP contribution >= 0.6 is 0 Å². The van der Waals surface area contributed by atoms with E-state index >= 15 is 0 Å². The smallest absolute Gasteiger partial charge is 0.0547 e. The summed E-state index contributed by atoms with van der Waals surface area (Å²) in [6.07, 6.45) is 1.18. The molecule has 0 bridgehead atoms. The van der Waals surface area contributed by atoms with Gasteiger partial charge in [-0.15, -0.1) is 0 Å². The molecule has 1 rings (SSSR count). The van der Waals surface area contributed by atoms with Gasteiger partial charge in [0.25, 0.3) is 0 Å². The molecular weight excluding hydrogens is 210 g/mol. The summed E-state index contributed by atoms with van der Waals surface area (Å²) in [5.74, 6) is 0. The van der Waals surface area contributed by atoms with E-state index in [9.17, 15) is 0 Å². The molecule has 0 aliphatic heterocycles. The Balaban J connectivity index is 2.56. The van der Waals surface area contributed by atoms with Crippen LogP contribution in [0.15, 0.2) is 18.2 Å². The van der Waals surface area contributed by atoms with Crippen molar-refractivity contribution >= 4 is 0 Å². The molecule has 0 amide bonds. The lowest BCUT2D eigenvalue weighted by atomic mass is 10.2. The first-order chi connectivity index (χ1) is 8.17. The van der Waals surface area contributed by atoms with Crippen LogP contribution in [0, 0.1) is 6.92 Å². The number of hydrogen-bond donors (Lipinski definition) is 1. The Bertz CT molecular complexity index is 325. The van der Waals surface area contributed by atoms with E-state index in [0.717, 1.165) is 25.3 Å². The third-order valence-corrected chi connectivity index (χ3v) is 3.15. The molecule has 0 spiro atoms. The van der Waals surface area contributed by atoms with Gasteiger partial charge in [-0.2, -0.15) is 0 Å². The van der Waals surface area contributed by atoms with Gasteiger partial charge in [-0.05, 0) is 52.5 Å². The van der Waals surface area contributed by atoms with E-state index in [1.165, 1.54) is 12.1 Å². The van der Waals surface area contributed by atoms with E-state index in [0.29, 0.717) is 6.04 Å². The lowest BCUT2D eigenvalue weighted by Crippen LogP contribution is -2.34. The van der Waals surface area contributed by atoms with Crippen LogP contribution in [0.5, 0.6) is 0 Å². The average molecular weight is 235 g/mol. The third kappa shape index (κ3) is 4.84. The van der Waals surface area contributed by atoms with Gasteiger partial charge < -0.3 is 5.32 Å². The number of aromatic nitrogens is 1. The Labute approximate surface area is 105 Å². The lowest BCUT2D eigenvalue weighted by molar-refractivity contribution is 0.199. The fourth-order valence-corrected chi connectivity index (χ4v) is 2.01. The van der Waals surface area contributed by atoms with Crippen molar-refractivity contribution in [3.8, 4) is 0 Å². The minimum absolute atomic E-state index is 0.592. The molecule has 0 saturated heterocycles. The molecule has 0 fully saturated rings. The second-order valence-corrected chi connectivity index (χ2v) is 4.57. The van der Waals surface area contributed by atoms with Gasteiger partial charge >= 0.3 is 0 Å². The van der Waals surface area contributed by atoms with Crippen molar-refractivity contribution < 1.29 is 0 Å². The van der Waals surface area contributed by atoms with Crippen LogP contribution < -0.4 is 5.32 Å². The van der Waals surface area contributed by atoms with E-state index in [2.05, 4.69) is 41.2 Å². The van der Waals surface area contributed by atoms with Gasteiger partial charge in [0.15, 0.2) is 0 Å². The molecule has 0 radical (unpaired) electrons. The Morgan fingerprint density at radius 3 is 2.76 bits per heavy atom. The minimum Gasteiger partial charge on any atom is -0.320 e. The van der Waals surface area contributed by atoms with Crippen LogP contribution in [0.1, 0.15) is 31.7 Å². The molecule has 0 saturated carbocycles. The SMILES string of the molecule is CCN(Cc1cccc(C)n1)C(C)CCNC. The van der Waals surface area contributed by atoms with E-state index in [4.69, 9.17) is 0 Å². The molecule has 3 nitrogen and oxygen atoms in total. The maximum Gasteiger partial charge on any atom is 0.0547 e. The van der Waals surface area contributed by atoms with Crippen LogP contribution in [0.3, 0.4) is 0 Å². The van der Waals surface area contributed by atoms with E-state index in [1.807, 2.05) is 20.0 Å². The number of aryl methyl sites for hydroxylation is 1. The summed E-state index contributed by atoms with van der Waals surface area (Å²) in [6.45, 7) is 9.63. The van der Waals surface area contributed by atoms with Crippen molar-refractivity contribution in [3.63, 3.8) is 0 Å². The molecule has 1 aromatic heterocycles. The zero-order valence-electron chi connectivity index (χ0n) is 11.5. The van der Waals surface area contributed by atoms with Crippen molar-refractivity contribution in [2.45, 2.75) is 39.8 Å². The molecule has 1 N–H and O–H groups in total. The summed E-state index contributed by atoms with van der Waals surface area (Å²) in [5, 5.41) is 3.21. The zero-order valence-corrected chi connectivity index (χ0v) is 11.5.